The Hall–Kier alpha value is -2.62. The van der Waals surface area contributed by atoms with Crippen molar-refractivity contribution < 1.29 is 9.53 Å². The highest BCUT2D eigenvalue weighted by atomic mass is 16.5. The number of carbonyl (C=O) groups excluding carboxylic acids is 1. The van der Waals surface area contributed by atoms with E-state index < -0.39 is 0 Å². The van der Waals surface area contributed by atoms with Crippen molar-refractivity contribution in [2.24, 2.45) is 0 Å². The van der Waals surface area contributed by atoms with E-state index in [2.05, 4.69) is 0 Å². The number of nitrogens with zero attached hydrogens (tertiary/aromatic N) is 1. The molecule has 2 heterocycles. The third-order valence-electron chi connectivity index (χ3n) is 2.97. The Morgan fingerprint density at radius 1 is 1.16 bits per heavy atom. The number of fused-ring (bicyclic) bond motifs is 1. The number of ether oxygens (including phenoxy) is 1. The number of para-hydroxylation sites is 1. The van der Waals surface area contributed by atoms with E-state index in [0.29, 0.717) is 10.9 Å². The molecule has 1 N–H and O–H groups in total. The molecule has 4 nitrogen and oxygen atoms in total. The van der Waals surface area contributed by atoms with Gasteiger partial charge in [-0.3, -0.25) is 9.36 Å². The number of benzene rings is 1. The van der Waals surface area contributed by atoms with E-state index in [1.807, 2.05) is 30.3 Å². The molecule has 0 bridgehead atoms. The molecule has 0 aliphatic carbocycles. The quantitative estimate of drug-likeness (QED) is 0.844. The summed E-state index contributed by atoms with van der Waals surface area (Å²) < 4.78 is 7.02. The molecule has 0 saturated heterocycles. The number of pyridine rings is 1. The largest absolute Gasteiger partial charge is 0.488 e. The van der Waals surface area contributed by atoms with Gasteiger partial charge in [-0.15, -0.1) is 0 Å². The van der Waals surface area contributed by atoms with Crippen molar-refractivity contribution in [3.8, 4) is 5.75 Å². The number of hydrogen-bond donors (Lipinski definition) is 1. The first-order chi connectivity index (χ1) is 9.24. The van der Waals surface area contributed by atoms with Gasteiger partial charge >= 0.3 is 0 Å². The van der Waals surface area contributed by atoms with Gasteiger partial charge < -0.3 is 10.1 Å². The van der Waals surface area contributed by atoms with E-state index in [1.165, 1.54) is 4.57 Å². The van der Waals surface area contributed by atoms with Crippen LogP contribution in [0.5, 0.6) is 5.75 Å². The van der Waals surface area contributed by atoms with Gasteiger partial charge in [-0.05, 0) is 24.3 Å². The molecule has 94 valence electrons. The lowest BCUT2D eigenvalue weighted by molar-refractivity contribution is 0.0942. The van der Waals surface area contributed by atoms with Crippen LogP contribution in [0.25, 0.3) is 6.08 Å². The third kappa shape index (κ3) is 2.20. The molecule has 19 heavy (non-hydrogen) atoms. The highest BCUT2D eigenvalue weighted by Crippen LogP contribution is 2.26. The topological polar surface area (TPSA) is 55.1 Å². The summed E-state index contributed by atoms with van der Waals surface area (Å²) in [6, 6.07) is 10.8. The van der Waals surface area contributed by atoms with E-state index >= 15 is 0 Å². The average molecular weight is 252 g/mol. The van der Waals surface area contributed by atoms with E-state index in [9.17, 15) is 4.79 Å². The zero-order valence-corrected chi connectivity index (χ0v) is 10.2. The molecule has 4 heteroatoms. The van der Waals surface area contributed by atoms with Gasteiger partial charge in [0.1, 0.15) is 12.4 Å². The minimum absolute atomic E-state index is 0.130. The van der Waals surface area contributed by atoms with Gasteiger partial charge in [-0.2, -0.15) is 0 Å². The molecule has 0 saturated carbocycles. The van der Waals surface area contributed by atoms with Crippen molar-refractivity contribution in [2.75, 3.05) is 6.61 Å². The molecule has 2 aromatic rings. The molecule has 0 fully saturated rings. The molecule has 0 atom stereocenters. The van der Waals surface area contributed by atoms with E-state index in [-0.39, 0.29) is 12.5 Å². The van der Waals surface area contributed by atoms with Crippen LogP contribution in [-0.4, -0.2) is 17.1 Å². The van der Waals surface area contributed by atoms with Gasteiger partial charge in [0.15, 0.2) is 0 Å². The summed E-state index contributed by atoms with van der Waals surface area (Å²) in [5.74, 6) is 0.667. The molecule has 0 unspecified atom stereocenters. The number of rotatable bonds is 1. The van der Waals surface area contributed by atoms with E-state index in [4.69, 9.17) is 10.1 Å². The highest BCUT2D eigenvalue weighted by molar-refractivity contribution is 6.00. The molecule has 1 aromatic heterocycles. The van der Waals surface area contributed by atoms with Gasteiger partial charge in [0.05, 0.1) is 10.9 Å². The summed E-state index contributed by atoms with van der Waals surface area (Å²) in [6.45, 7) is 0.269. The lowest BCUT2D eigenvalue weighted by Gasteiger charge is -2.17. The minimum Gasteiger partial charge on any atom is -0.488 e. The molecule has 1 aliphatic heterocycles. The van der Waals surface area contributed by atoms with Crippen LogP contribution in [0.4, 0.5) is 0 Å². The van der Waals surface area contributed by atoms with Crippen molar-refractivity contribution in [1.29, 1.82) is 5.41 Å². The molecule has 1 aliphatic rings. The zero-order chi connectivity index (χ0) is 13.2. The second kappa shape index (κ2) is 4.57. The van der Waals surface area contributed by atoms with Gasteiger partial charge in [-0.1, -0.05) is 18.2 Å². The fourth-order valence-electron chi connectivity index (χ4n) is 1.97. The lowest BCUT2D eigenvalue weighted by Crippen LogP contribution is -2.21. The fraction of sp³-hybridized carbons (Fsp3) is 0.0667. The fourth-order valence-corrected chi connectivity index (χ4v) is 1.97. The van der Waals surface area contributed by atoms with Crippen LogP contribution in [0, 0.1) is 5.41 Å². The van der Waals surface area contributed by atoms with Crippen LogP contribution < -0.4 is 10.1 Å². The predicted molar refractivity (Wildman–Crippen MR) is 70.8 cm³/mol. The predicted octanol–water partition coefficient (Wildman–Crippen LogP) is 2.08. The monoisotopic (exact) mass is 252 g/mol. The maximum absolute atomic E-state index is 12.3. The normalized spacial score (nSPS) is 13.2. The van der Waals surface area contributed by atoms with Crippen LogP contribution in [0.1, 0.15) is 10.4 Å². The summed E-state index contributed by atoms with van der Waals surface area (Å²) in [7, 11) is 0. The van der Waals surface area contributed by atoms with Crippen molar-refractivity contribution in [2.45, 2.75) is 0 Å². The summed E-state index contributed by atoms with van der Waals surface area (Å²) >= 11 is 0. The van der Waals surface area contributed by atoms with Crippen molar-refractivity contribution in [3.63, 3.8) is 0 Å². The third-order valence-corrected chi connectivity index (χ3v) is 2.97. The lowest BCUT2D eigenvalue weighted by atomic mass is 10.1. The Morgan fingerprint density at radius 2 is 1.89 bits per heavy atom. The van der Waals surface area contributed by atoms with E-state index in [0.717, 1.165) is 11.3 Å². The molecular weight excluding hydrogens is 240 g/mol. The van der Waals surface area contributed by atoms with Crippen LogP contribution in [0.15, 0.2) is 54.4 Å². The Morgan fingerprint density at radius 3 is 2.68 bits per heavy atom. The second-order valence-corrected chi connectivity index (χ2v) is 4.30. The number of hydrogen-bond acceptors (Lipinski definition) is 3. The van der Waals surface area contributed by atoms with Crippen LogP contribution in [0.2, 0.25) is 0 Å². The Kier molecular flexibility index (Phi) is 2.76. The van der Waals surface area contributed by atoms with Crippen molar-refractivity contribution in [1.82, 2.24) is 4.57 Å². The first kappa shape index (κ1) is 11.5. The number of carbonyl (C=O) groups is 1. The molecule has 3 rings (SSSR count). The highest BCUT2D eigenvalue weighted by Gasteiger charge is 2.17. The average Bonchev–Trinajstić information content (AvgIpc) is 2.47. The standard InChI is InChI=1S/C15H12N2O2/c16-13-5-7-17(8-6-13)15(18)12-9-11-3-1-2-4-14(11)19-10-12/h1-9,16H,10H2. The van der Waals surface area contributed by atoms with Crippen LogP contribution in [-0.2, 0) is 0 Å². The molecule has 1 aromatic carbocycles. The second-order valence-electron chi connectivity index (χ2n) is 4.30. The summed E-state index contributed by atoms with van der Waals surface area (Å²) in [5.41, 5.74) is 1.51. The zero-order valence-electron chi connectivity index (χ0n) is 10.2. The Labute approximate surface area is 110 Å². The van der Waals surface area contributed by atoms with Gasteiger partial charge in [0.25, 0.3) is 5.91 Å². The van der Waals surface area contributed by atoms with Gasteiger partial charge in [-0.25, -0.2) is 0 Å². The minimum atomic E-state index is -0.130. The summed E-state index contributed by atoms with van der Waals surface area (Å²) in [5, 5.41) is 7.79. The molecule has 0 radical (unpaired) electrons. The maximum Gasteiger partial charge on any atom is 0.261 e. The number of aromatic nitrogens is 1. The first-order valence-electron chi connectivity index (χ1n) is 5.94. The first-order valence-corrected chi connectivity index (χ1v) is 5.94. The van der Waals surface area contributed by atoms with E-state index in [1.54, 1.807) is 24.5 Å². The smallest absolute Gasteiger partial charge is 0.261 e. The Bertz CT molecular complexity index is 708. The van der Waals surface area contributed by atoms with Gasteiger partial charge in [0.2, 0.25) is 0 Å². The molecule has 0 amide bonds. The van der Waals surface area contributed by atoms with Crippen molar-refractivity contribution >= 4 is 12.0 Å². The van der Waals surface area contributed by atoms with Crippen molar-refractivity contribution in [3.05, 3.63) is 65.3 Å². The number of nitrogens with one attached hydrogen (secondary N) is 1. The molecule has 0 spiro atoms. The molecular formula is C15H12N2O2. The van der Waals surface area contributed by atoms with Gasteiger partial charge in [0, 0.05) is 18.0 Å². The summed E-state index contributed by atoms with van der Waals surface area (Å²) in [6.07, 6.45) is 5.03. The summed E-state index contributed by atoms with van der Waals surface area (Å²) in [4.78, 5) is 12.3. The van der Waals surface area contributed by atoms with Crippen LogP contribution in [0.3, 0.4) is 0 Å². The SMILES string of the molecule is N=c1ccn(C(=O)C2=Cc3ccccc3OC2)cc1. The maximum atomic E-state index is 12.3. The Balaban J connectivity index is 1.96. The van der Waals surface area contributed by atoms with Crippen LogP contribution >= 0.6 is 0 Å².